The van der Waals surface area contributed by atoms with Crippen molar-refractivity contribution in [3.8, 4) is 0 Å². The Hall–Kier alpha value is -1.07. The smallest absolute Gasteiger partial charge is 0.281 e. The van der Waals surface area contributed by atoms with Crippen LogP contribution in [0.3, 0.4) is 0 Å². The number of halogens is 14. The van der Waals surface area contributed by atoms with Crippen LogP contribution < -0.4 is 0 Å². The summed E-state index contributed by atoms with van der Waals surface area (Å²) in [6.45, 7) is 0.621. The van der Waals surface area contributed by atoms with Crippen molar-refractivity contribution in [3.63, 3.8) is 0 Å². The molecular formula is C10H8F14O3S. The molecule has 1 N–H and O–H groups in total. The zero-order chi connectivity index (χ0) is 23.4. The highest BCUT2D eigenvalue weighted by Crippen LogP contribution is 2.63. The highest BCUT2D eigenvalue weighted by Gasteiger charge is 2.94. The van der Waals surface area contributed by atoms with Gasteiger partial charge >= 0.3 is 50.9 Å². The van der Waals surface area contributed by atoms with Crippen LogP contribution in [0.4, 0.5) is 61.5 Å². The van der Waals surface area contributed by atoms with Gasteiger partial charge in [0.1, 0.15) is 0 Å². The van der Waals surface area contributed by atoms with Gasteiger partial charge in [-0.25, -0.2) is 0 Å². The average Bonchev–Trinajstić information content (AvgIpc) is 2.44. The molecule has 0 heterocycles. The van der Waals surface area contributed by atoms with E-state index in [1.807, 2.05) is 0 Å². The van der Waals surface area contributed by atoms with Crippen LogP contribution in [0, 0.1) is 0 Å². The second kappa shape index (κ2) is 6.73. The molecule has 0 atom stereocenters. The molecule has 0 aromatic rings. The maximum absolute atomic E-state index is 13.3. The highest BCUT2D eigenvalue weighted by molar-refractivity contribution is 7.87. The van der Waals surface area contributed by atoms with Crippen LogP contribution in [0.1, 0.15) is 19.8 Å². The Bertz CT molecular complexity index is 683. The molecule has 0 spiro atoms. The van der Waals surface area contributed by atoms with Crippen molar-refractivity contribution in [1.29, 1.82) is 0 Å². The molecule has 28 heavy (non-hydrogen) atoms. The summed E-state index contributed by atoms with van der Waals surface area (Å²) < 4.78 is 211. The topological polar surface area (TPSA) is 54.4 Å². The Morgan fingerprint density at radius 2 is 0.893 bits per heavy atom. The van der Waals surface area contributed by atoms with E-state index in [1.165, 1.54) is 0 Å². The molecule has 0 rings (SSSR count). The molecule has 0 saturated carbocycles. The second-order valence-electron chi connectivity index (χ2n) is 5.32. The first-order valence-electron chi connectivity index (χ1n) is 6.43. The van der Waals surface area contributed by atoms with Crippen molar-refractivity contribution in [2.45, 2.75) is 60.6 Å². The number of hydrogen-bond acceptors (Lipinski definition) is 2. The van der Waals surface area contributed by atoms with E-state index in [2.05, 4.69) is 0 Å². The van der Waals surface area contributed by atoms with E-state index in [-0.39, 0.29) is 0 Å². The van der Waals surface area contributed by atoms with E-state index in [0.717, 1.165) is 0 Å². The molecule has 18 heteroatoms. The molecule has 0 aliphatic carbocycles. The number of alkyl halides is 14. The van der Waals surface area contributed by atoms with Gasteiger partial charge in [-0.2, -0.15) is 69.9 Å². The minimum absolute atomic E-state index is 0.621. The van der Waals surface area contributed by atoms with Gasteiger partial charge in [-0.05, 0) is 0 Å². The molecule has 0 bridgehead atoms. The van der Waals surface area contributed by atoms with E-state index in [9.17, 15) is 69.9 Å². The van der Waals surface area contributed by atoms with Gasteiger partial charge in [0, 0.05) is 6.42 Å². The molecule has 0 radical (unpaired) electrons. The lowest BCUT2D eigenvalue weighted by molar-refractivity contribution is -0.435. The molecule has 0 aromatic heterocycles. The Balaban J connectivity index is 6.72. The summed E-state index contributed by atoms with van der Waals surface area (Å²) in [7, 11) is -7.70. The third kappa shape index (κ3) is 3.28. The maximum atomic E-state index is 13.3. The molecule has 0 aliphatic heterocycles. The van der Waals surface area contributed by atoms with Crippen LogP contribution >= 0.6 is 0 Å². The van der Waals surface area contributed by atoms with Gasteiger partial charge in [0.15, 0.2) is 0 Å². The normalized spacial score (nSPS) is 16.4. The van der Waals surface area contributed by atoms with E-state index < -0.39 is 63.7 Å². The van der Waals surface area contributed by atoms with E-state index >= 15 is 0 Å². The van der Waals surface area contributed by atoms with E-state index in [1.54, 1.807) is 0 Å². The average molecular weight is 474 g/mol. The summed E-state index contributed by atoms with van der Waals surface area (Å²) in [5, 5.41) is -7.61. The highest BCUT2D eigenvalue weighted by atomic mass is 32.2. The van der Waals surface area contributed by atoms with Gasteiger partial charge in [-0.1, -0.05) is 13.3 Å². The van der Waals surface area contributed by atoms with Crippen molar-refractivity contribution in [2.75, 3.05) is 0 Å². The summed E-state index contributed by atoms with van der Waals surface area (Å²) >= 11 is 0. The lowest BCUT2D eigenvalue weighted by atomic mass is 9.90. The third-order valence-corrected chi connectivity index (χ3v) is 4.19. The Morgan fingerprint density at radius 1 is 0.607 bits per heavy atom. The third-order valence-electron chi connectivity index (χ3n) is 3.29. The van der Waals surface area contributed by atoms with Crippen LogP contribution in [0.5, 0.6) is 0 Å². The van der Waals surface area contributed by atoms with Crippen LogP contribution in [0.25, 0.3) is 0 Å². The Labute approximate surface area is 146 Å². The van der Waals surface area contributed by atoms with Crippen LogP contribution in [0.15, 0.2) is 0 Å². The zero-order valence-corrected chi connectivity index (χ0v) is 13.7. The summed E-state index contributed by atoms with van der Waals surface area (Å²) in [5.74, 6) is -46.7. The molecule has 0 amide bonds. The summed E-state index contributed by atoms with van der Waals surface area (Å²) in [4.78, 5) is 0. The fraction of sp³-hybridized carbons (Fsp3) is 1.00. The van der Waals surface area contributed by atoms with Crippen LogP contribution in [0.2, 0.25) is 0 Å². The minimum atomic E-state index is -8.38. The van der Waals surface area contributed by atoms with E-state index in [0.29, 0.717) is 6.92 Å². The van der Waals surface area contributed by atoms with Gasteiger partial charge in [0.25, 0.3) is 0 Å². The summed E-state index contributed by atoms with van der Waals surface area (Å²) in [6.07, 6.45) is -3.47. The van der Waals surface area contributed by atoms with Crippen molar-refractivity contribution in [1.82, 2.24) is 0 Å². The lowest BCUT2D eigenvalue weighted by Gasteiger charge is -2.42. The largest absolute Gasteiger partial charge is 0.438 e. The van der Waals surface area contributed by atoms with Crippen molar-refractivity contribution < 1.29 is 74.4 Å². The molecule has 0 unspecified atom stereocenters. The van der Waals surface area contributed by atoms with Gasteiger partial charge in [0.05, 0.1) is 0 Å². The first-order valence-corrected chi connectivity index (χ1v) is 7.87. The predicted molar refractivity (Wildman–Crippen MR) is 61.1 cm³/mol. The quantitative estimate of drug-likeness (QED) is 0.375. The summed E-state index contributed by atoms with van der Waals surface area (Å²) in [6, 6.07) is 0. The molecule has 0 aliphatic rings. The lowest BCUT2D eigenvalue weighted by Crippen LogP contribution is -2.73. The van der Waals surface area contributed by atoms with Gasteiger partial charge < -0.3 is 0 Å². The summed E-state index contributed by atoms with van der Waals surface area (Å²) in [5.41, 5.74) is 0. The van der Waals surface area contributed by atoms with Crippen molar-refractivity contribution in [3.05, 3.63) is 0 Å². The van der Waals surface area contributed by atoms with Gasteiger partial charge in [-0.15, -0.1) is 0 Å². The zero-order valence-electron chi connectivity index (χ0n) is 12.9. The second-order valence-corrected chi connectivity index (χ2v) is 6.78. The molecule has 3 nitrogen and oxygen atoms in total. The first-order chi connectivity index (χ1) is 11.8. The van der Waals surface area contributed by atoms with Gasteiger partial charge in [-0.3, -0.25) is 4.55 Å². The van der Waals surface area contributed by atoms with Crippen LogP contribution in [-0.4, -0.2) is 53.8 Å². The number of hydrogen-bond donors (Lipinski definition) is 1. The molecule has 0 fully saturated rings. The Kier molecular flexibility index (Phi) is 6.47. The van der Waals surface area contributed by atoms with E-state index in [4.69, 9.17) is 4.55 Å². The SMILES string of the molecule is CCCC(F)(F)C(F)(F)C(F)(F)C(F)(F)C(F)(F)C(F)(F)C(F)(F)S(=O)(=O)O. The fourth-order valence-electron chi connectivity index (χ4n) is 1.64. The molecule has 170 valence electrons. The fourth-order valence-corrected chi connectivity index (χ4v) is 2.09. The van der Waals surface area contributed by atoms with Gasteiger partial charge in [0.2, 0.25) is 0 Å². The molecule has 0 saturated heterocycles. The Morgan fingerprint density at radius 3 is 1.18 bits per heavy atom. The monoisotopic (exact) mass is 474 g/mol. The maximum Gasteiger partial charge on any atom is 0.438 e. The standard InChI is InChI=1S/C10H8F14O3S/c1-2-3-4(11,12)5(13,14)6(15,16)7(17,18)8(19,20)9(21,22)10(23,24)28(25,26)27/h2-3H2,1H3,(H,25,26,27). The van der Waals surface area contributed by atoms with Crippen LogP contribution in [-0.2, 0) is 10.1 Å². The predicted octanol–water partition coefficient (Wildman–Crippen LogP) is 5.08. The minimum Gasteiger partial charge on any atom is -0.281 e. The molecule has 0 aromatic carbocycles. The van der Waals surface area contributed by atoms with Crippen molar-refractivity contribution >= 4 is 10.1 Å². The first kappa shape index (κ1) is 26.9. The number of rotatable bonds is 9. The van der Waals surface area contributed by atoms with Crippen molar-refractivity contribution in [2.24, 2.45) is 0 Å². The molecular weight excluding hydrogens is 466 g/mol.